The van der Waals surface area contributed by atoms with Gasteiger partial charge in [-0.2, -0.15) is 0 Å². The fourth-order valence-corrected chi connectivity index (χ4v) is 5.72. The Labute approximate surface area is 213 Å². The molecule has 2 N–H and O–H groups in total. The van der Waals surface area contributed by atoms with Gasteiger partial charge in [-0.1, -0.05) is 11.6 Å². The van der Waals surface area contributed by atoms with E-state index < -0.39 is 0 Å². The number of aromatic nitrogens is 3. The smallest absolute Gasteiger partial charge is 0.263 e. The zero-order valence-corrected chi connectivity index (χ0v) is 20.8. The van der Waals surface area contributed by atoms with Gasteiger partial charge >= 0.3 is 0 Å². The summed E-state index contributed by atoms with van der Waals surface area (Å²) in [5, 5.41) is 6.84. The molecule has 1 saturated carbocycles. The summed E-state index contributed by atoms with van der Waals surface area (Å²) >= 11 is 6.43. The predicted molar refractivity (Wildman–Crippen MR) is 133 cm³/mol. The summed E-state index contributed by atoms with van der Waals surface area (Å²) in [5.41, 5.74) is 3.07. The third-order valence-electron chi connectivity index (χ3n) is 7.77. The van der Waals surface area contributed by atoms with Crippen LogP contribution in [0.15, 0.2) is 24.4 Å². The quantitative estimate of drug-likeness (QED) is 0.510. The van der Waals surface area contributed by atoms with Crippen LogP contribution in [0, 0.1) is 12.7 Å². The van der Waals surface area contributed by atoms with Crippen molar-refractivity contribution in [2.45, 2.75) is 63.1 Å². The lowest BCUT2D eigenvalue weighted by molar-refractivity contribution is -0.165. The Morgan fingerprint density at radius 2 is 2.06 bits per heavy atom. The maximum atomic E-state index is 14.7. The van der Waals surface area contributed by atoms with Gasteiger partial charge in [-0.3, -0.25) is 14.8 Å². The number of hydrogen-bond donors (Lipinski definition) is 2. The number of hydrogen-bond acceptors (Lipinski definition) is 7. The van der Waals surface area contributed by atoms with Crippen LogP contribution in [0.2, 0.25) is 5.02 Å². The summed E-state index contributed by atoms with van der Waals surface area (Å²) in [6.45, 7) is 2.90. The van der Waals surface area contributed by atoms with E-state index in [1.54, 1.807) is 6.07 Å². The number of carbonyl (C=O) groups is 1. The molecule has 36 heavy (non-hydrogen) atoms. The molecule has 7 rings (SSSR count). The topological polar surface area (TPSA) is 98.3 Å². The lowest BCUT2D eigenvalue weighted by atomic mass is 9.69. The first kappa shape index (κ1) is 23.5. The molecule has 188 valence electrons. The summed E-state index contributed by atoms with van der Waals surface area (Å²) < 4.78 is 26.5. The van der Waals surface area contributed by atoms with Crippen molar-refractivity contribution in [3.8, 4) is 5.75 Å². The van der Waals surface area contributed by atoms with E-state index in [1.807, 2.05) is 19.1 Å². The van der Waals surface area contributed by atoms with Crippen molar-refractivity contribution in [1.82, 2.24) is 20.3 Å². The maximum Gasteiger partial charge on any atom is 0.263 e. The van der Waals surface area contributed by atoms with Gasteiger partial charge in [0.2, 0.25) is 0 Å². The molecule has 1 aliphatic carbocycles. The standard InChI is InChI=1S/C26H27ClFN5O3/c1-15-2-3-19-23(31-15)16(18(28)11-29-19)4-5-26-8-6-25(7-9-26,14-36-26)30-12-20-17(27)10-21-24(32-20)33-22(34)13-35-21/h2-3,10-11,30H,4-9,12-14H2,1H3,(H,32,33,34). The highest BCUT2D eigenvalue weighted by Crippen LogP contribution is 2.46. The molecule has 3 aromatic heterocycles. The SMILES string of the molecule is Cc1ccc2ncc(F)c(CCC34CCC(NCc5nc6c(cc5Cl)OCC(=O)N6)(CC3)CO4)c2n1. The maximum absolute atomic E-state index is 14.7. The first-order chi connectivity index (χ1) is 17.3. The summed E-state index contributed by atoms with van der Waals surface area (Å²) in [6.07, 6.45) is 6.29. The number of nitrogens with zero attached hydrogens (tertiary/aromatic N) is 3. The molecule has 2 saturated heterocycles. The molecule has 0 spiro atoms. The second-order valence-corrected chi connectivity index (χ2v) is 10.5. The number of rotatable bonds is 6. The molecule has 3 aliphatic heterocycles. The Hall–Kier alpha value is -2.88. The van der Waals surface area contributed by atoms with E-state index in [9.17, 15) is 9.18 Å². The van der Waals surface area contributed by atoms with Crippen molar-refractivity contribution in [2.24, 2.45) is 0 Å². The van der Waals surface area contributed by atoms with Crippen LogP contribution in [0.1, 0.15) is 49.1 Å². The molecule has 0 atom stereocenters. The van der Waals surface area contributed by atoms with E-state index in [0.29, 0.717) is 58.5 Å². The van der Waals surface area contributed by atoms with Crippen LogP contribution < -0.4 is 15.4 Å². The molecule has 2 bridgehead atoms. The molecule has 0 aromatic carbocycles. The Balaban J connectivity index is 1.11. The van der Waals surface area contributed by atoms with Crippen LogP contribution in [0.3, 0.4) is 0 Å². The first-order valence-corrected chi connectivity index (χ1v) is 12.6. The highest BCUT2D eigenvalue weighted by molar-refractivity contribution is 6.31. The lowest BCUT2D eigenvalue weighted by Gasteiger charge is -2.53. The molecule has 1 amide bonds. The van der Waals surface area contributed by atoms with Gasteiger partial charge in [-0.05, 0) is 57.6 Å². The van der Waals surface area contributed by atoms with Gasteiger partial charge < -0.3 is 20.1 Å². The average molecular weight is 512 g/mol. The minimum absolute atomic E-state index is 0.0367. The van der Waals surface area contributed by atoms with E-state index >= 15 is 0 Å². The van der Waals surface area contributed by atoms with Gasteiger partial charge in [0, 0.05) is 29.4 Å². The molecule has 0 radical (unpaired) electrons. The lowest BCUT2D eigenvalue weighted by Crippen LogP contribution is -2.61. The van der Waals surface area contributed by atoms with Gasteiger partial charge in [0.05, 0.1) is 40.2 Å². The monoisotopic (exact) mass is 511 g/mol. The molecule has 3 aromatic rings. The fourth-order valence-electron chi connectivity index (χ4n) is 5.51. The van der Waals surface area contributed by atoms with E-state index in [-0.39, 0.29) is 29.5 Å². The van der Waals surface area contributed by atoms with E-state index in [4.69, 9.17) is 21.1 Å². The zero-order valence-electron chi connectivity index (χ0n) is 20.0. The number of aryl methyl sites for hydroxylation is 2. The summed E-state index contributed by atoms with van der Waals surface area (Å²) in [5.74, 6) is 0.335. The normalized spacial score (nSPS) is 24.9. The number of pyridine rings is 3. The molecule has 8 nitrogen and oxygen atoms in total. The highest BCUT2D eigenvalue weighted by atomic mass is 35.5. The summed E-state index contributed by atoms with van der Waals surface area (Å²) in [6, 6.07) is 5.48. The Kier molecular flexibility index (Phi) is 5.81. The number of carbonyl (C=O) groups excluding carboxylic acids is 1. The molecule has 6 heterocycles. The predicted octanol–water partition coefficient (Wildman–Crippen LogP) is 4.26. The molecular formula is C26H27ClFN5O3. The van der Waals surface area contributed by atoms with E-state index in [0.717, 1.165) is 37.8 Å². The van der Waals surface area contributed by atoms with Gasteiger partial charge in [0.15, 0.2) is 18.2 Å². The van der Waals surface area contributed by atoms with Crippen LogP contribution in [-0.2, 0) is 22.5 Å². The van der Waals surface area contributed by atoms with Crippen molar-refractivity contribution >= 4 is 34.4 Å². The largest absolute Gasteiger partial charge is 0.480 e. The third-order valence-corrected chi connectivity index (χ3v) is 8.10. The molecule has 10 heteroatoms. The minimum Gasteiger partial charge on any atom is -0.480 e. The van der Waals surface area contributed by atoms with Crippen molar-refractivity contribution < 1.29 is 18.7 Å². The minimum atomic E-state index is -0.310. The van der Waals surface area contributed by atoms with Gasteiger partial charge in [-0.15, -0.1) is 0 Å². The first-order valence-electron chi connectivity index (χ1n) is 12.3. The van der Waals surface area contributed by atoms with Crippen LogP contribution in [0.4, 0.5) is 10.2 Å². The van der Waals surface area contributed by atoms with Crippen molar-refractivity contribution in [1.29, 1.82) is 0 Å². The Morgan fingerprint density at radius 1 is 1.22 bits per heavy atom. The number of nitrogens with one attached hydrogen (secondary N) is 2. The van der Waals surface area contributed by atoms with Crippen molar-refractivity contribution in [2.75, 3.05) is 18.5 Å². The van der Waals surface area contributed by atoms with Crippen LogP contribution in [0.25, 0.3) is 11.0 Å². The number of amides is 1. The number of anilines is 1. The number of ether oxygens (including phenoxy) is 2. The molecule has 0 unspecified atom stereocenters. The summed E-state index contributed by atoms with van der Waals surface area (Å²) in [7, 11) is 0. The number of fused-ring (bicyclic) bond motifs is 5. The molecular weight excluding hydrogens is 485 g/mol. The number of halogens is 2. The van der Waals surface area contributed by atoms with E-state index in [2.05, 4.69) is 25.6 Å². The van der Waals surface area contributed by atoms with Crippen LogP contribution in [-0.4, -0.2) is 45.2 Å². The Morgan fingerprint density at radius 3 is 2.83 bits per heavy atom. The van der Waals surface area contributed by atoms with E-state index in [1.165, 1.54) is 6.20 Å². The zero-order chi connectivity index (χ0) is 24.9. The second kappa shape index (κ2) is 8.90. The van der Waals surface area contributed by atoms with Crippen LogP contribution in [0.5, 0.6) is 5.75 Å². The van der Waals surface area contributed by atoms with Crippen LogP contribution >= 0.6 is 11.6 Å². The molecule has 4 aliphatic rings. The highest BCUT2D eigenvalue weighted by Gasteiger charge is 2.49. The third kappa shape index (κ3) is 4.29. The van der Waals surface area contributed by atoms with Gasteiger partial charge in [0.25, 0.3) is 5.91 Å². The average Bonchev–Trinajstić information content (AvgIpc) is 2.88. The molecule has 3 fully saturated rings. The van der Waals surface area contributed by atoms with Gasteiger partial charge in [0.1, 0.15) is 5.82 Å². The van der Waals surface area contributed by atoms with Gasteiger partial charge in [-0.25, -0.2) is 9.37 Å². The second-order valence-electron chi connectivity index (χ2n) is 10.1. The summed E-state index contributed by atoms with van der Waals surface area (Å²) in [4.78, 5) is 24.9. The van der Waals surface area contributed by atoms with Crippen molar-refractivity contribution in [3.63, 3.8) is 0 Å². The van der Waals surface area contributed by atoms with Crippen molar-refractivity contribution in [3.05, 3.63) is 52.2 Å². The fraction of sp³-hybridized carbons (Fsp3) is 0.462. The Bertz CT molecular complexity index is 1340.